The molecule has 0 saturated heterocycles. The van der Waals surface area contributed by atoms with E-state index in [1.807, 2.05) is 12.1 Å². The van der Waals surface area contributed by atoms with Crippen LogP contribution in [0.1, 0.15) is 54.2 Å². The number of para-hydroxylation sites is 1. The molecule has 2 aromatic heterocycles. The zero-order valence-corrected chi connectivity index (χ0v) is 14.4. The minimum atomic E-state index is -0.344. The second-order valence-electron chi connectivity index (χ2n) is 6.64. The maximum absolute atomic E-state index is 13.1. The van der Waals surface area contributed by atoms with Crippen LogP contribution in [0.4, 0.5) is 0 Å². The third-order valence-electron chi connectivity index (χ3n) is 4.93. The molecule has 1 amide bonds. The fraction of sp³-hybridized carbons (Fsp3) is 0.300. The molecule has 1 aliphatic rings. The number of hydrogen-bond donors (Lipinski definition) is 1. The fourth-order valence-electron chi connectivity index (χ4n) is 3.56. The van der Waals surface area contributed by atoms with Gasteiger partial charge in [0.15, 0.2) is 0 Å². The zero-order chi connectivity index (χ0) is 17.9. The van der Waals surface area contributed by atoms with Crippen LogP contribution < -0.4 is 11.0 Å². The van der Waals surface area contributed by atoms with E-state index in [1.165, 1.54) is 11.1 Å². The molecule has 0 atom stereocenters. The predicted octanol–water partition coefficient (Wildman–Crippen LogP) is 3.22. The van der Waals surface area contributed by atoms with Crippen LogP contribution in [0.2, 0.25) is 0 Å². The first-order valence-corrected chi connectivity index (χ1v) is 8.97. The van der Waals surface area contributed by atoms with Crippen LogP contribution in [0, 0.1) is 0 Å². The van der Waals surface area contributed by atoms with E-state index in [0.717, 1.165) is 25.7 Å². The van der Waals surface area contributed by atoms with Gasteiger partial charge < -0.3 is 0 Å². The summed E-state index contributed by atoms with van der Waals surface area (Å²) in [4.78, 5) is 34.3. The maximum atomic E-state index is 13.1. The summed E-state index contributed by atoms with van der Waals surface area (Å²) in [5, 5.41) is 0.502. The van der Waals surface area contributed by atoms with Gasteiger partial charge in [0, 0.05) is 23.9 Å². The van der Waals surface area contributed by atoms with Crippen molar-refractivity contribution < 1.29 is 4.79 Å². The Morgan fingerprint density at radius 2 is 1.77 bits per heavy atom. The molecular formula is C20H20N4O2. The Balaban J connectivity index is 1.81. The highest BCUT2D eigenvalue weighted by Gasteiger charge is 2.23. The highest BCUT2D eigenvalue weighted by molar-refractivity contribution is 6.00. The Kier molecular flexibility index (Phi) is 4.48. The summed E-state index contributed by atoms with van der Waals surface area (Å²) in [6.07, 6.45) is 8.51. The molecule has 0 unspecified atom stereocenters. The number of benzene rings is 1. The summed E-state index contributed by atoms with van der Waals surface area (Å²) < 4.78 is 1.35. The SMILES string of the molecule is O=C(Nn1c(C2CCCCC2)nc2ccccc2c1=O)c1ccncc1. The van der Waals surface area contributed by atoms with Crippen LogP contribution in [0.3, 0.4) is 0 Å². The van der Waals surface area contributed by atoms with Gasteiger partial charge in [0.1, 0.15) is 5.82 Å². The lowest BCUT2D eigenvalue weighted by Crippen LogP contribution is -2.37. The average Bonchev–Trinajstić information content (AvgIpc) is 2.71. The van der Waals surface area contributed by atoms with E-state index >= 15 is 0 Å². The van der Waals surface area contributed by atoms with E-state index in [4.69, 9.17) is 4.98 Å². The van der Waals surface area contributed by atoms with Gasteiger partial charge in [-0.05, 0) is 37.1 Å². The van der Waals surface area contributed by atoms with E-state index in [0.29, 0.717) is 22.3 Å². The molecule has 132 valence electrons. The second-order valence-corrected chi connectivity index (χ2v) is 6.64. The van der Waals surface area contributed by atoms with Gasteiger partial charge in [-0.3, -0.25) is 20.0 Å². The molecule has 1 saturated carbocycles. The molecule has 6 heteroatoms. The number of aromatic nitrogens is 3. The van der Waals surface area contributed by atoms with Crippen molar-refractivity contribution in [2.75, 3.05) is 5.43 Å². The van der Waals surface area contributed by atoms with E-state index in [1.54, 1.807) is 36.7 Å². The van der Waals surface area contributed by atoms with Gasteiger partial charge in [-0.2, -0.15) is 0 Å². The first kappa shape index (κ1) is 16.4. The third kappa shape index (κ3) is 3.10. The Hall–Kier alpha value is -3.02. The normalized spacial score (nSPS) is 15.1. The average molecular weight is 348 g/mol. The Morgan fingerprint density at radius 3 is 2.54 bits per heavy atom. The molecule has 0 aliphatic heterocycles. The van der Waals surface area contributed by atoms with Crippen molar-refractivity contribution in [1.82, 2.24) is 14.6 Å². The number of nitrogens with zero attached hydrogens (tertiary/aromatic N) is 3. The van der Waals surface area contributed by atoms with Gasteiger partial charge in [0.2, 0.25) is 0 Å². The monoisotopic (exact) mass is 348 g/mol. The number of amides is 1. The summed E-state index contributed by atoms with van der Waals surface area (Å²) >= 11 is 0. The molecule has 0 radical (unpaired) electrons. The molecule has 1 aromatic carbocycles. The second kappa shape index (κ2) is 7.07. The lowest BCUT2D eigenvalue weighted by atomic mass is 9.88. The number of nitrogens with one attached hydrogen (secondary N) is 1. The van der Waals surface area contributed by atoms with Crippen molar-refractivity contribution >= 4 is 16.8 Å². The van der Waals surface area contributed by atoms with E-state index in [2.05, 4.69) is 10.4 Å². The molecule has 1 N–H and O–H groups in total. The minimum absolute atomic E-state index is 0.179. The van der Waals surface area contributed by atoms with Gasteiger partial charge in [-0.15, -0.1) is 0 Å². The predicted molar refractivity (Wildman–Crippen MR) is 99.8 cm³/mol. The van der Waals surface area contributed by atoms with Crippen LogP contribution in [-0.4, -0.2) is 20.6 Å². The van der Waals surface area contributed by atoms with Crippen LogP contribution >= 0.6 is 0 Å². The topological polar surface area (TPSA) is 76.9 Å². The Labute approximate surface area is 150 Å². The summed E-state index contributed by atoms with van der Waals surface area (Å²) in [7, 11) is 0. The van der Waals surface area contributed by atoms with E-state index < -0.39 is 0 Å². The van der Waals surface area contributed by atoms with Crippen molar-refractivity contribution in [1.29, 1.82) is 0 Å². The molecule has 2 heterocycles. The maximum Gasteiger partial charge on any atom is 0.280 e. The molecule has 6 nitrogen and oxygen atoms in total. The molecular weight excluding hydrogens is 328 g/mol. The number of rotatable bonds is 3. The first-order valence-electron chi connectivity index (χ1n) is 8.97. The molecule has 0 spiro atoms. The molecule has 4 rings (SSSR count). The highest BCUT2D eigenvalue weighted by atomic mass is 16.2. The number of hydrogen-bond acceptors (Lipinski definition) is 4. The lowest BCUT2D eigenvalue weighted by molar-refractivity contribution is 0.101. The largest absolute Gasteiger partial charge is 0.280 e. The first-order chi connectivity index (χ1) is 12.7. The molecule has 1 aliphatic carbocycles. The Morgan fingerprint density at radius 1 is 1.04 bits per heavy atom. The van der Waals surface area contributed by atoms with Gasteiger partial charge in [-0.25, -0.2) is 9.66 Å². The summed E-state index contributed by atoms with van der Waals surface area (Å²) in [5.41, 5.74) is 3.65. The van der Waals surface area contributed by atoms with Crippen molar-refractivity contribution in [3.63, 3.8) is 0 Å². The van der Waals surface area contributed by atoms with Gasteiger partial charge in [0.25, 0.3) is 11.5 Å². The molecule has 3 aromatic rings. The zero-order valence-electron chi connectivity index (χ0n) is 14.4. The smallest absolute Gasteiger partial charge is 0.267 e. The highest BCUT2D eigenvalue weighted by Crippen LogP contribution is 2.31. The fourth-order valence-corrected chi connectivity index (χ4v) is 3.56. The summed E-state index contributed by atoms with van der Waals surface area (Å²) in [6, 6.07) is 10.5. The number of fused-ring (bicyclic) bond motifs is 1. The lowest BCUT2D eigenvalue weighted by Gasteiger charge is -2.24. The number of carbonyl (C=O) groups excluding carboxylic acids is 1. The standard InChI is InChI=1S/C20H20N4O2/c25-19(15-10-12-21-13-11-15)23-24-18(14-6-2-1-3-7-14)22-17-9-5-4-8-16(17)20(24)26/h4-5,8-14H,1-3,6-7H2,(H,23,25). The van der Waals surface area contributed by atoms with E-state index in [-0.39, 0.29) is 17.4 Å². The van der Waals surface area contributed by atoms with Crippen LogP contribution in [0.25, 0.3) is 10.9 Å². The minimum Gasteiger partial charge on any atom is -0.267 e. The number of carbonyl (C=O) groups is 1. The Bertz CT molecular complexity index is 992. The van der Waals surface area contributed by atoms with Gasteiger partial charge in [-0.1, -0.05) is 31.4 Å². The van der Waals surface area contributed by atoms with Crippen molar-refractivity contribution in [2.45, 2.75) is 38.0 Å². The third-order valence-corrected chi connectivity index (χ3v) is 4.93. The molecule has 26 heavy (non-hydrogen) atoms. The van der Waals surface area contributed by atoms with E-state index in [9.17, 15) is 9.59 Å². The van der Waals surface area contributed by atoms with Crippen LogP contribution in [0.5, 0.6) is 0 Å². The number of pyridine rings is 1. The molecule has 1 fully saturated rings. The molecule has 0 bridgehead atoms. The van der Waals surface area contributed by atoms with Crippen molar-refractivity contribution in [3.8, 4) is 0 Å². The van der Waals surface area contributed by atoms with Crippen molar-refractivity contribution in [3.05, 3.63) is 70.5 Å². The van der Waals surface area contributed by atoms with Gasteiger partial charge >= 0.3 is 0 Å². The van der Waals surface area contributed by atoms with Gasteiger partial charge in [0.05, 0.1) is 10.9 Å². The van der Waals surface area contributed by atoms with Crippen LogP contribution in [-0.2, 0) is 0 Å². The van der Waals surface area contributed by atoms with Crippen LogP contribution in [0.15, 0.2) is 53.6 Å². The van der Waals surface area contributed by atoms with Crippen molar-refractivity contribution in [2.24, 2.45) is 0 Å². The quantitative estimate of drug-likeness (QED) is 0.788. The summed E-state index contributed by atoms with van der Waals surface area (Å²) in [5.74, 6) is 0.484. The summed E-state index contributed by atoms with van der Waals surface area (Å²) in [6.45, 7) is 0.